The molecule has 0 saturated heterocycles. The summed E-state index contributed by atoms with van der Waals surface area (Å²) < 4.78 is 0. The van der Waals surface area contributed by atoms with E-state index in [1.807, 2.05) is 24.4 Å². The second-order valence-electron chi connectivity index (χ2n) is 12.0. The van der Waals surface area contributed by atoms with E-state index in [0.717, 1.165) is 51.3 Å². The smallest absolute Gasteiger partial charge is 0.160 e. The highest BCUT2D eigenvalue weighted by Gasteiger charge is 2.17. The zero-order valence-corrected chi connectivity index (χ0v) is 25.6. The number of pyridine rings is 1. The van der Waals surface area contributed by atoms with Crippen LogP contribution in [0, 0.1) is 0 Å². The Morgan fingerprint density at radius 2 is 1.23 bits per heavy atom. The van der Waals surface area contributed by atoms with Crippen LogP contribution in [0.1, 0.15) is 12.1 Å². The number of allylic oxidation sites excluding steroid dienone is 6. The third-order valence-electron chi connectivity index (χ3n) is 9.09. The molecule has 220 valence electrons. The largest absolute Gasteiger partial charge is 0.256 e. The van der Waals surface area contributed by atoms with Crippen LogP contribution in [0.5, 0.6) is 0 Å². The molecular weight excluding hydrogens is 571 g/mol. The zero-order chi connectivity index (χ0) is 31.2. The summed E-state index contributed by atoms with van der Waals surface area (Å²) in [4.78, 5) is 15.2. The van der Waals surface area contributed by atoms with E-state index in [-0.39, 0.29) is 0 Å². The molecule has 8 aromatic rings. The van der Waals surface area contributed by atoms with Gasteiger partial charge in [-0.1, -0.05) is 115 Å². The molecule has 3 heteroatoms. The minimum atomic E-state index is 0.690. The van der Waals surface area contributed by atoms with Gasteiger partial charge < -0.3 is 0 Å². The van der Waals surface area contributed by atoms with E-state index in [1.54, 1.807) is 0 Å². The fourth-order valence-electron chi connectivity index (χ4n) is 6.86. The van der Waals surface area contributed by atoms with E-state index in [2.05, 4.69) is 140 Å². The van der Waals surface area contributed by atoms with Gasteiger partial charge in [0.25, 0.3) is 0 Å². The Labute approximate surface area is 273 Å². The summed E-state index contributed by atoms with van der Waals surface area (Å²) >= 11 is 0. The molecule has 1 aliphatic carbocycles. The van der Waals surface area contributed by atoms with Gasteiger partial charge in [0.2, 0.25) is 0 Å². The fraction of sp³-hybridized carbons (Fsp3) is 0.0227. The highest BCUT2D eigenvalue weighted by atomic mass is 14.9. The lowest BCUT2D eigenvalue weighted by Crippen LogP contribution is -1.99. The predicted molar refractivity (Wildman–Crippen MR) is 196 cm³/mol. The monoisotopic (exact) mass is 599 g/mol. The topological polar surface area (TPSA) is 38.7 Å². The van der Waals surface area contributed by atoms with Gasteiger partial charge in [-0.15, -0.1) is 0 Å². The Balaban J connectivity index is 1.32. The highest BCUT2D eigenvalue weighted by Crippen LogP contribution is 2.42. The first-order chi connectivity index (χ1) is 23.3. The first-order valence-electron chi connectivity index (χ1n) is 16.0. The Morgan fingerprint density at radius 1 is 0.468 bits per heavy atom. The number of hydrogen-bond donors (Lipinski definition) is 0. The number of hydrogen-bond acceptors (Lipinski definition) is 3. The van der Waals surface area contributed by atoms with Crippen LogP contribution >= 0.6 is 0 Å². The van der Waals surface area contributed by atoms with Crippen molar-refractivity contribution in [2.24, 2.45) is 0 Å². The molecule has 3 nitrogen and oxygen atoms in total. The molecule has 0 fully saturated rings. The molecule has 2 heterocycles. The zero-order valence-electron chi connectivity index (χ0n) is 25.6. The van der Waals surface area contributed by atoms with Gasteiger partial charge in [0, 0.05) is 22.9 Å². The van der Waals surface area contributed by atoms with Crippen molar-refractivity contribution in [1.82, 2.24) is 15.0 Å². The average molecular weight is 600 g/mol. The van der Waals surface area contributed by atoms with Crippen molar-refractivity contribution in [3.8, 4) is 45.0 Å². The number of rotatable bonds is 5. The highest BCUT2D eigenvalue weighted by molar-refractivity contribution is 6.26. The van der Waals surface area contributed by atoms with Crippen LogP contribution in [0.15, 0.2) is 164 Å². The minimum Gasteiger partial charge on any atom is -0.256 e. The van der Waals surface area contributed by atoms with Gasteiger partial charge in [-0.25, -0.2) is 9.97 Å². The molecule has 6 aromatic carbocycles. The third-order valence-corrected chi connectivity index (χ3v) is 9.09. The van der Waals surface area contributed by atoms with Gasteiger partial charge >= 0.3 is 0 Å². The van der Waals surface area contributed by atoms with Crippen molar-refractivity contribution in [1.29, 1.82) is 0 Å². The van der Waals surface area contributed by atoms with Crippen LogP contribution < -0.4 is 0 Å². The summed E-state index contributed by atoms with van der Waals surface area (Å²) in [6.07, 6.45) is 13.2. The molecular formula is C44H29N3. The second-order valence-corrected chi connectivity index (χ2v) is 12.0. The molecule has 2 aromatic heterocycles. The minimum absolute atomic E-state index is 0.690. The van der Waals surface area contributed by atoms with Crippen LogP contribution in [0.25, 0.3) is 82.9 Å². The Kier molecular flexibility index (Phi) is 6.53. The quantitative estimate of drug-likeness (QED) is 0.185. The molecule has 0 amide bonds. The van der Waals surface area contributed by atoms with Crippen LogP contribution in [0.2, 0.25) is 0 Å². The fourth-order valence-corrected chi connectivity index (χ4v) is 6.86. The summed E-state index contributed by atoms with van der Waals surface area (Å²) in [5.41, 5.74) is 9.22. The van der Waals surface area contributed by atoms with Gasteiger partial charge in [-0.2, -0.15) is 0 Å². The molecule has 0 saturated carbocycles. The molecule has 0 spiro atoms. The summed E-state index contributed by atoms with van der Waals surface area (Å²) in [6, 6.07) is 45.3. The maximum absolute atomic E-state index is 5.23. The maximum Gasteiger partial charge on any atom is 0.160 e. The van der Waals surface area contributed by atoms with Crippen molar-refractivity contribution in [2.75, 3.05) is 0 Å². The van der Waals surface area contributed by atoms with Crippen molar-refractivity contribution in [3.05, 3.63) is 170 Å². The lowest BCUT2D eigenvalue weighted by molar-refractivity contribution is 1.14. The van der Waals surface area contributed by atoms with E-state index in [0.29, 0.717) is 5.82 Å². The van der Waals surface area contributed by atoms with Gasteiger partial charge in [0.1, 0.15) is 0 Å². The molecule has 47 heavy (non-hydrogen) atoms. The number of nitrogens with zero attached hydrogens (tertiary/aromatic N) is 3. The summed E-state index contributed by atoms with van der Waals surface area (Å²) in [5, 5.41) is 7.59. The molecule has 0 radical (unpaired) electrons. The number of benzene rings is 6. The SMILES string of the molecule is C1=CC=C(c2cc(-c3ccccc3)nc(-c3cc(-c4ccccn4)cc(-c4cc5cccc6ccc7cccc4c7c65)c3)n2)CC=C1. The lowest BCUT2D eigenvalue weighted by Gasteiger charge is -2.17. The molecule has 0 N–H and O–H groups in total. The van der Waals surface area contributed by atoms with Crippen LogP contribution in [0.3, 0.4) is 0 Å². The third kappa shape index (κ3) is 4.90. The van der Waals surface area contributed by atoms with Gasteiger partial charge in [-0.05, 0) is 97.9 Å². The van der Waals surface area contributed by atoms with Crippen molar-refractivity contribution >= 4 is 37.9 Å². The Morgan fingerprint density at radius 3 is 2.11 bits per heavy atom. The standard InChI is InChI=1S/C44H29N3/c1-2-5-13-29(12-4-1)40-28-41(30-14-6-3-7-15-30)47-44(46-40)36-25-34(24-35(26-36)39-20-8-9-23-45-39)38-27-33-18-10-16-31-21-22-32-17-11-19-37(38)43(32)42(31)33/h1-12,14-28H,13H2. The molecule has 0 atom stereocenters. The maximum atomic E-state index is 5.23. The van der Waals surface area contributed by atoms with E-state index >= 15 is 0 Å². The molecule has 0 bridgehead atoms. The lowest BCUT2D eigenvalue weighted by atomic mass is 9.88. The van der Waals surface area contributed by atoms with E-state index in [9.17, 15) is 0 Å². The second kappa shape index (κ2) is 11.3. The Hall–Kier alpha value is -6.19. The molecule has 1 aliphatic rings. The normalized spacial score (nSPS) is 13.0. The molecule has 9 rings (SSSR count). The summed E-state index contributed by atoms with van der Waals surface area (Å²) in [7, 11) is 0. The average Bonchev–Trinajstić information content (AvgIpc) is 3.44. The summed E-state index contributed by atoms with van der Waals surface area (Å²) in [6.45, 7) is 0. The van der Waals surface area contributed by atoms with E-state index in [4.69, 9.17) is 15.0 Å². The van der Waals surface area contributed by atoms with Crippen LogP contribution in [0.4, 0.5) is 0 Å². The molecule has 0 aliphatic heterocycles. The van der Waals surface area contributed by atoms with Crippen molar-refractivity contribution in [2.45, 2.75) is 6.42 Å². The number of aromatic nitrogens is 3. The van der Waals surface area contributed by atoms with E-state index < -0.39 is 0 Å². The first kappa shape index (κ1) is 27.1. The first-order valence-corrected chi connectivity index (χ1v) is 16.0. The van der Waals surface area contributed by atoms with Crippen LogP contribution in [-0.4, -0.2) is 15.0 Å². The van der Waals surface area contributed by atoms with Crippen LogP contribution in [-0.2, 0) is 0 Å². The van der Waals surface area contributed by atoms with Gasteiger partial charge in [-0.3, -0.25) is 4.98 Å². The summed E-state index contributed by atoms with van der Waals surface area (Å²) in [5.74, 6) is 0.690. The van der Waals surface area contributed by atoms with E-state index in [1.165, 1.54) is 37.9 Å². The van der Waals surface area contributed by atoms with Gasteiger partial charge in [0.05, 0.1) is 17.1 Å². The predicted octanol–water partition coefficient (Wildman–Crippen LogP) is 11.3. The van der Waals surface area contributed by atoms with Gasteiger partial charge in [0.15, 0.2) is 5.82 Å². The van der Waals surface area contributed by atoms with Crippen molar-refractivity contribution in [3.63, 3.8) is 0 Å². The Bertz CT molecular complexity index is 2530. The molecule has 0 unspecified atom stereocenters. The van der Waals surface area contributed by atoms with Crippen molar-refractivity contribution < 1.29 is 0 Å².